The van der Waals surface area contributed by atoms with Gasteiger partial charge in [-0.3, -0.25) is 4.90 Å². The van der Waals surface area contributed by atoms with Gasteiger partial charge in [0.25, 0.3) is 0 Å². The molecule has 4 atom stereocenters. The summed E-state index contributed by atoms with van der Waals surface area (Å²) in [7, 11) is 2.06. The number of hydrogen-bond acceptors (Lipinski definition) is 6. The molecule has 1 fully saturated rings. The van der Waals surface area contributed by atoms with Gasteiger partial charge in [-0.25, -0.2) is 0 Å². The molecule has 0 spiro atoms. The number of aliphatic hydroxyl groups excluding tert-OH is 2. The van der Waals surface area contributed by atoms with Crippen LogP contribution < -0.4 is 9.67 Å². The van der Waals surface area contributed by atoms with Crippen molar-refractivity contribution >= 4 is 5.97 Å². The van der Waals surface area contributed by atoms with Crippen molar-refractivity contribution in [2.24, 2.45) is 0 Å². The van der Waals surface area contributed by atoms with Crippen LogP contribution in [0.5, 0.6) is 0 Å². The highest BCUT2D eigenvalue weighted by molar-refractivity contribution is 5.82. The smallest absolute Gasteiger partial charge is 0.331 e. The molecule has 23 heavy (non-hydrogen) atoms. The van der Waals surface area contributed by atoms with Crippen LogP contribution in [-0.4, -0.2) is 46.9 Å². The highest BCUT2D eigenvalue weighted by Crippen LogP contribution is 2.30. The Morgan fingerprint density at radius 3 is 2.91 bits per heavy atom. The van der Waals surface area contributed by atoms with E-state index in [-0.39, 0.29) is 6.04 Å². The van der Waals surface area contributed by atoms with Gasteiger partial charge < -0.3 is 24.9 Å². The van der Waals surface area contributed by atoms with E-state index in [1.807, 2.05) is 18.3 Å². The molecule has 0 aliphatic carbocycles. The summed E-state index contributed by atoms with van der Waals surface area (Å²) in [4.78, 5) is 13.2. The molecule has 0 bridgehead atoms. The number of pyridine rings is 1. The lowest BCUT2D eigenvalue weighted by atomic mass is 10.1. The lowest BCUT2D eigenvalue weighted by Crippen LogP contribution is -2.53. The van der Waals surface area contributed by atoms with E-state index in [2.05, 4.69) is 11.9 Å². The summed E-state index contributed by atoms with van der Waals surface area (Å²) < 4.78 is 6.89. The predicted octanol–water partition coefficient (Wildman–Crippen LogP) is -1.37. The van der Waals surface area contributed by atoms with Gasteiger partial charge in [0.05, 0.1) is 0 Å². The molecule has 0 saturated carbocycles. The first-order valence-electron chi connectivity index (χ1n) is 7.64. The first kappa shape index (κ1) is 15.9. The fraction of sp³-hybridized carbons (Fsp3) is 0.500. The summed E-state index contributed by atoms with van der Waals surface area (Å²) in [5, 5.41) is 31.0. The lowest BCUT2D eigenvalue weighted by molar-refractivity contribution is -0.769. The van der Waals surface area contributed by atoms with Crippen molar-refractivity contribution in [2.45, 2.75) is 37.3 Å². The number of carboxylic acids is 1. The van der Waals surface area contributed by atoms with Gasteiger partial charge >= 0.3 is 6.23 Å². The topological polar surface area (TPSA) is 96.9 Å². The average molecular weight is 320 g/mol. The van der Waals surface area contributed by atoms with Crippen LogP contribution in [0.4, 0.5) is 0 Å². The molecule has 1 aromatic heterocycles. The highest BCUT2D eigenvalue weighted by Gasteiger charge is 2.40. The molecule has 2 aliphatic heterocycles. The molecule has 7 nitrogen and oxygen atoms in total. The monoisotopic (exact) mass is 320 g/mol. The molecule has 3 heterocycles. The van der Waals surface area contributed by atoms with E-state index in [4.69, 9.17) is 4.74 Å². The molecule has 124 valence electrons. The van der Waals surface area contributed by atoms with Crippen LogP contribution in [0.25, 0.3) is 0 Å². The van der Waals surface area contributed by atoms with E-state index in [0.29, 0.717) is 0 Å². The Hall–Kier alpha value is -1.96. The van der Waals surface area contributed by atoms with Crippen molar-refractivity contribution in [3.8, 4) is 0 Å². The maximum Gasteiger partial charge on any atom is 0.331 e. The molecule has 1 saturated heterocycles. The van der Waals surface area contributed by atoms with Gasteiger partial charge in [0.2, 0.25) is 0 Å². The second-order valence-corrected chi connectivity index (χ2v) is 6.03. The Balaban J connectivity index is 1.89. The zero-order chi connectivity index (χ0) is 16.6. The first-order valence-corrected chi connectivity index (χ1v) is 7.64. The van der Waals surface area contributed by atoms with Gasteiger partial charge in [0.15, 0.2) is 18.5 Å². The van der Waals surface area contributed by atoms with Gasteiger partial charge in [-0.2, -0.15) is 4.57 Å². The molecule has 3 rings (SSSR count). The fourth-order valence-electron chi connectivity index (χ4n) is 3.21. The van der Waals surface area contributed by atoms with E-state index in [1.165, 1.54) is 0 Å². The summed E-state index contributed by atoms with van der Waals surface area (Å²) in [6.45, 7) is 1.03. The number of rotatable bonds is 3. The van der Waals surface area contributed by atoms with Gasteiger partial charge in [-0.05, 0) is 38.6 Å². The van der Waals surface area contributed by atoms with Crippen molar-refractivity contribution in [2.75, 3.05) is 13.6 Å². The van der Waals surface area contributed by atoms with Crippen LogP contribution in [-0.2, 0) is 9.53 Å². The summed E-state index contributed by atoms with van der Waals surface area (Å²) in [5.41, 5.74) is 1.06. The molecular weight excluding hydrogens is 300 g/mol. The summed E-state index contributed by atoms with van der Waals surface area (Å²) in [5.74, 6) is -1.99. The van der Waals surface area contributed by atoms with Crippen molar-refractivity contribution in [1.29, 1.82) is 0 Å². The minimum absolute atomic E-state index is 0.282. The zero-order valence-corrected chi connectivity index (χ0v) is 12.8. The number of aromatic nitrogens is 1. The van der Waals surface area contributed by atoms with Gasteiger partial charge in [0, 0.05) is 17.7 Å². The third kappa shape index (κ3) is 3.08. The number of aliphatic carboxylic acids is 1. The predicted molar refractivity (Wildman–Crippen MR) is 76.5 cm³/mol. The van der Waals surface area contributed by atoms with Crippen LogP contribution >= 0.6 is 0 Å². The zero-order valence-electron chi connectivity index (χ0n) is 12.8. The minimum Gasteiger partial charge on any atom is -0.542 e. The number of nitrogens with zero attached hydrogens (tertiary/aromatic N) is 2. The number of hydrogen-bond donors (Lipinski definition) is 2. The van der Waals surface area contributed by atoms with E-state index in [0.717, 1.165) is 31.0 Å². The quantitative estimate of drug-likeness (QED) is 0.667. The number of ether oxygens (including phenoxy) is 1. The molecule has 1 aromatic rings. The first-order chi connectivity index (χ1) is 11.0. The van der Waals surface area contributed by atoms with Gasteiger partial charge in [-0.15, -0.1) is 0 Å². The normalized spacial score (nSPS) is 31.5. The van der Waals surface area contributed by atoms with E-state index >= 15 is 0 Å². The van der Waals surface area contributed by atoms with Crippen LogP contribution in [0, 0.1) is 0 Å². The Kier molecular flexibility index (Phi) is 4.34. The summed E-state index contributed by atoms with van der Waals surface area (Å²) in [6.07, 6.45) is 3.01. The van der Waals surface area contributed by atoms with E-state index in [1.54, 1.807) is 10.8 Å². The van der Waals surface area contributed by atoms with Gasteiger partial charge in [-0.1, -0.05) is 0 Å². The van der Waals surface area contributed by atoms with Crippen LogP contribution in [0.3, 0.4) is 0 Å². The molecule has 7 heteroatoms. The van der Waals surface area contributed by atoms with E-state index in [9.17, 15) is 20.1 Å². The summed E-state index contributed by atoms with van der Waals surface area (Å²) in [6, 6.07) is 4.09. The van der Waals surface area contributed by atoms with Crippen molar-refractivity contribution < 1.29 is 29.4 Å². The molecule has 0 aromatic carbocycles. The van der Waals surface area contributed by atoms with Crippen molar-refractivity contribution in [1.82, 2.24) is 4.90 Å². The maximum atomic E-state index is 11.0. The van der Waals surface area contributed by atoms with Gasteiger partial charge in [0.1, 0.15) is 17.8 Å². The number of carboxylic acid groups (broad SMARTS) is 1. The number of aliphatic hydroxyl groups is 2. The van der Waals surface area contributed by atoms with Crippen molar-refractivity contribution in [3.05, 3.63) is 41.9 Å². The second-order valence-electron chi connectivity index (χ2n) is 6.03. The van der Waals surface area contributed by atoms with Crippen LogP contribution in [0.15, 0.2) is 36.4 Å². The number of carbonyl (C=O) groups excluding carboxylic acids is 1. The Labute approximate surface area is 134 Å². The molecule has 1 unspecified atom stereocenters. The molecule has 0 radical (unpaired) electrons. The largest absolute Gasteiger partial charge is 0.542 e. The maximum absolute atomic E-state index is 11.0. The van der Waals surface area contributed by atoms with Crippen LogP contribution in [0.1, 0.15) is 30.7 Å². The summed E-state index contributed by atoms with van der Waals surface area (Å²) >= 11 is 0. The minimum atomic E-state index is -1.52. The average Bonchev–Trinajstić information content (AvgIpc) is 2.96. The molecule has 2 aliphatic rings. The van der Waals surface area contributed by atoms with E-state index < -0.39 is 30.2 Å². The molecule has 0 amide bonds. The van der Waals surface area contributed by atoms with Crippen LogP contribution in [0.2, 0.25) is 0 Å². The standard InChI is InChI=1S/C16H20N2O5/c1-17-6-3-5-11(17)10-4-2-7-18(9-10)15-14(20)12(19)8-13(23-15)16(21)22/h2,4,7-9,11-12,14-15,19-20H,3,5-6H2,1H3/t11-,12+,14?,15+/m0/s1. The Morgan fingerprint density at radius 1 is 1.48 bits per heavy atom. The SMILES string of the molecule is CN1CCC[C@H]1c1ccc[n+]([C@@H]2OC(C(=O)[O-])=C[C@@H](O)C2O)c1. The highest BCUT2D eigenvalue weighted by atomic mass is 16.5. The fourth-order valence-corrected chi connectivity index (χ4v) is 3.21. The number of likely N-dealkylation sites (tertiary alicyclic amines) is 1. The lowest BCUT2D eigenvalue weighted by Gasteiger charge is -2.28. The Morgan fingerprint density at radius 2 is 2.26 bits per heavy atom. The molecule has 2 N–H and O–H groups in total. The second kappa shape index (κ2) is 6.27. The van der Waals surface area contributed by atoms with Crippen molar-refractivity contribution in [3.63, 3.8) is 0 Å². The third-order valence-electron chi connectivity index (χ3n) is 4.46. The third-order valence-corrected chi connectivity index (χ3v) is 4.46. The Bertz CT molecular complexity index is 633. The number of carbonyl (C=O) groups is 1. The molecular formula is C16H20N2O5.